The second-order valence-electron chi connectivity index (χ2n) is 3.73. The molecular weight excluding hydrogens is 178 g/mol. The van der Waals surface area contributed by atoms with Gasteiger partial charge in [0.15, 0.2) is 0 Å². The van der Waals surface area contributed by atoms with Gasteiger partial charge in [-0.3, -0.25) is 4.90 Å². The molecule has 1 aromatic carbocycles. The lowest BCUT2D eigenvalue weighted by molar-refractivity contribution is 0.157. The molecule has 0 aromatic heterocycles. The summed E-state index contributed by atoms with van der Waals surface area (Å²) in [5.41, 5.74) is 2.61. The van der Waals surface area contributed by atoms with Crippen molar-refractivity contribution in [2.75, 3.05) is 13.2 Å². The third kappa shape index (κ3) is 0.953. The molecule has 2 heterocycles. The van der Waals surface area contributed by atoms with Crippen LogP contribution in [-0.4, -0.2) is 24.1 Å². The molecule has 2 aliphatic heterocycles. The summed E-state index contributed by atoms with van der Waals surface area (Å²) in [5, 5.41) is 0. The zero-order valence-electron chi connectivity index (χ0n) is 7.77. The Kier molecular flexibility index (Phi) is 1.54. The van der Waals surface area contributed by atoms with Gasteiger partial charge in [0.2, 0.25) is 0 Å². The Morgan fingerprint density at radius 1 is 1.36 bits per heavy atom. The van der Waals surface area contributed by atoms with Gasteiger partial charge < -0.3 is 4.74 Å². The van der Waals surface area contributed by atoms with Gasteiger partial charge in [-0.1, -0.05) is 24.3 Å². The Hall–Kier alpha value is -1.51. The number of nitrogens with zero attached hydrogens (tertiary/aromatic N) is 1. The van der Waals surface area contributed by atoms with E-state index in [9.17, 15) is 4.79 Å². The van der Waals surface area contributed by atoms with E-state index in [0.29, 0.717) is 6.61 Å². The highest BCUT2D eigenvalue weighted by molar-refractivity contribution is 5.71. The molecule has 0 saturated carbocycles. The summed E-state index contributed by atoms with van der Waals surface area (Å²) in [4.78, 5) is 13.1. The van der Waals surface area contributed by atoms with Crippen molar-refractivity contribution in [3.05, 3.63) is 35.4 Å². The van der Waals surface area contributed by atoms with Crippen molar-refractivity contribution in [3.63, 3.8) is 0 Å². The topological polar surface area (TPSA) is 29.5 Å². The minimum Gasteiger partial charge on any atom is -0.447 e. The number of ether oxygens (including phenoxy) is 1. The van der Waals surface area contributed by atoms with Crippen LogP contribution in [0.1, 0.15) is 17.2 Å². The fourth-order valence-corrected chi connectivity index (χ4v) is 2.28. The molecule has 0 spiro atoms. The first-order valence-corrected chi connectivity index (χ1v) is 4.87. The Labute approximate surface area is 82.3 Å². The summed E-state index contributed by atoms with van der Waals surface area (Å²) in [6.45, 7) is 1.30. The molecule has 14 heavy (non-hydrogen) atoms. The van der Waals surface area contributed by atoms with Crippen LogP contribution in [0.5, 0.6) is 0 Å². The fourth-order valence-electron chi connectivity index (χ4n) is 2.28. The molecule has 1 amide bonds. The van der Waals surface area contributed by atoms with Crippen LogP contribution in [0.3, 0.4) is 0 Å². The number of cyclic esters (lactones) is 1. The summed E-state index contributed by atoms with van der Waals surface area (Å²) in [6, 6.07) is 8.45. The molecule has 0 N–H and O–H groups in total. The lowest BCUT2D eigenvalue weighted by Crippen LogP contribution is -2.34. The number of fused-ring (bicyclic) bond motifs is 3. The molecule has 1 saturated heterocycles. The van der Waals surface area contributed by atoms with E-state index in [0.717, 1.165) is 13.0 Å². The van der Waals surface area contributed by atoms with Gasteiger partial charge >= 0.3 is 6.09 Å². The van der Waals surface area contributed by atoms with E-state index in [1.165, 1.54) is 11.1 Å². The minimum absolute atomic E-state index is 0.160. The van der Waals surface area contributed by atoms with Crippen molar-refractivity contribution in [1.82, 2.24) is 4.90 Å². The normalized spacial score (nSPS) is 24.1. The summed E-state index contributed by atoms with van der Waals surface area (Å²) >= 11 is 0. The standard InChI is InChI=1S/C11H11NO2/c13-11-12-6-5-8-3-1-2-4-9(8)10(12)7-14-11/h1-4,10H,5-7H2/t10-/m1/s1. The van der Waals surface area contributed by atoms with Crippen LogP contribution in [0.25, 0.3) is 0 Å². The van der Waals surface area contributed by atoms with Gasteiger partial charge in [0.1, 0.15) is 6.61 Å². The van der Waals surface area contributed by atoms with Crippen molar-refractivity contribution in [2.45, 2.75) is 12.5 Å². The van der Waals surface area contributed by atoms with E-state index in [2.05, 4.69) is 12.1 Å². The molecule has 1 fully saturated rings. The molecule has 0 aliphatic carbocycles. The lowest BCUT2D eigenvalue weighted by Gasteiger charge is -2.28. The van der Waals surface area contributed by atoms with E-state index in [4.69, 9.17) is 4.74 Å². The molecule has 3 rings (SSSR count). The van der Waals surface area contributed by atoms with Crippen molar-refractivity contribution in [3.8, 4) is 0 Å². The SMILES string of the molecule is O=C1OC[C@@H]2c3ccccc3CCN12. The average Bonchev–Trinajstić information content (AvgIpc) is 2.61. The maximum Gasteiger partial charge on any atom is 0.410 e. The zero-order chi connectivity index (χ0) is 9.54. The van der Waals surface area contributed by atoms with E-state index in [1.54, 1.807) is 0 Å². The van der Waals surface area contributed by atoms with Crippen LogP contribution < -0.4 is 0 Å². The second kappa shape index (κ2) is 2.74. The quantitative estimate of drug-likeness (QED) is 0.622. The molecule has 3 nitrogen and oxygen atoms in total. The van der Waals surface area contributed by atoms with Crippen LogP contribution in [0.15, 0.2) is 24.3 Å². The largest absolute Gasteiger partial charge is 0.447 e. The fraction of sp³-hybridized carbons (Fsp3) is 0.364. The second-order valence-corrected chi connectivity index (χ2v) is 3.73. The van der Waals surface area contributed by atoms with E-state index in [-0.39, 0.29) is 12.1 Å². The smallest absolute Gasteiger partial charge is 0.410 e. The molecule has 0 radical (unpaired) electrons. The highest BCUT2D eigenvalue weighted by Gasteiger charge is 2.37. The van der Waals surface area contributed by atoms with Gasteiger partial charge in [0.25, 0.3) is 0 Å². The van der Waals surface area contributed by atoms with Crippen LogP contribution >= 0.6 is 0 Å². The van der Waals surface area contributed by atoms with Crippen molar-refractivity contribution < 1.29 is 9.53 Å². The summed E-state index contributed by atoms with van der Waals surface area (Å²) in [6.07, 6.45) is 0.784. The molecule has 1 atom stereocenters. The summed E-state index contributed by atoms with van der Waals surface area (Å²) in [7, 11) is 0. The molecule has 3 heteroatoms. The van der Waals surface area contributed by atoms with Gasteiger partial charge in [-0.05, 0) is 17.5 Å². The van der Waals surface area contributed by atoms with E-state index in [1.807, 2.05) is 17.0 Å². The number of amides is 1. The number of carbonyl (C=O) groups is 1. The highest BCUT2D eigenvalue weighted by atomic mass is 16.6. The minimum atomic E-state index is -0.162. The first kappa shape index (κ1) is 7.85. The third-order valence-electron chi connectivity index (χ3n) is 3.01. The predicted octanol–water partition coefficient (Wildman–Crippen LogP) is 1.74. The highest BCUT2D eigenvalue weighted by Crippen LogP contribution is 2.33. The van der Waals surface area contributed by atoms with Gasteiger partial charge in [-0.2, -0.15) is 0 Å². The average molecular weight is 189 g/mol. The van der Waals surface area contributed by atoms with E-state index >= 15 is 0 Å². The summed E-state index contributed by atoms with van der Waals surface area (Å²) in [5.74, 6) is 0. The van der Waals surface area contributed by atoms with Crippen molar-refractivity contribution >= 4 is 6.09 Å². The maximum absolute atomic E-state index is 11.3. The van der Waals surface area contributed by atoms with Crippen LogP contribution in [-0.2, 0) is 11.2 Å². The molecule has 1 aromatic rings. The Bertz CT molecular complexity index is 389. The molecule has 72 valence electrons. The van der Waals surface area contributed by atoms with Crippen LogP contribution in [0.4, 0.5) is 4.79 Å². The first-order chi connectivity index (χ1) is 6.86. The number of rotatable bonds is 0. The van der Waals surface area contributed by atoms with Crippen LogP contribution in [0.2, 0.25) is 0 Å². The third-order valence-corrected chi connectivity index (χ3v) is 3.01. The monoisotopic (exact) mass is 189 g/mol. The lowest BCUT2D eigenvalue weighted by atomic mass is 9.94. The maximum atomic E-state index is 11.3. The first-order valence-electron chi connectivity index (χ1n) is 4.87. The molecule has 0 bridgehead atoms. The molecular formula is C11H11NO2. The Balaban J connectivity index is 2.07. The zero-order valence-corrected chi connectivity index (χ0v) is 7.77. The number of hydrogen-bond acceptors (Lipinski definition) is 2. The molecule has 2 aliphatic rings. The van der Waals surface area contributed by atoms with Gasteiger partial charge in [-0.15, -0.1) is 0 Å². The number of benzene rings is 1. The summed E-state index contributed by atoms with van der Waals surface area (Å²) < 4.78 is 5.04. The van der Waals surface area contributed by atoms with Crippen LogP contribution in [0, 0.1) is 0 Å². The number of carbonyl (C=O) groups excluding carboxylic acids is 1. The predicted molar refractivity (Wildman–Crippen MR) is 50.9 cm³/mol. The van der Waals surface area contributed by atoms with Gasteiger partial charge in [0.05, 0.1) is 6.04 Å². The van der Waals surface area contributed by atoms with Gasteiger partial charge in [0, 0.05) is 6.54 Å². The van der Waals surface area contributed by atoms with E-state index < -0.39 is 0 Å². The van der Waals surface area contributed by atoms with Crippen molar-refractivity contribution in [2.24, 2.45) is 0 Å². The molecule has 0 unspecified atom stereocenters. The Morgan fingerprint density at radius 2 is 2.21 bits per heavy atom. The Morgan fingerprint density at radius 3 is 3.14 bits per heavy atom. The van der Waals surface area contributed by atoms with Gasteiger partial charge in [-0.25, -0.2) is 4.79 Å². The van der Waals surface area contributed by atoms with Crippen molar-refractivity contribution in [1.29, 1.82) is 0 Å². The number of hydrogen-bond donors (Lipinski definition) is 0.